The monoisotopic (exact) mass is 358 g/mol. The Morgan fingerprint density at radius 2 is 1.92 bits per heavy atom. The van der Waals surface area contributed by atoms with Crippen molar-refractivity contribution in [1.82, 2.24) is 4.98 Å². The van der Waals surface area contributed by atoms with Crippen LogP contribution in [0, 0.1) is 0 Å². The van der Waals surface area contributed by atoms with Crippen LogP contribution in [0.4, 0.5) is 19.0 Å². The number of alkyl halides is 3. The number of hydrogen-bond donors (Lipinski definition) is 1. The number of halogens is 4. The molecule has 0 spiro atoms. The zero-order chi connectivity index (χ0) is 17.9. The lowest BCUT2D eigenvalue weighted by Crippen LogP contribution is -2.16. The van der Waals surface area contributed by atoms with E-state index < -0.39 is 23.6 Å². The van der Waals surface area contributed by atoms with E-state index in [0.717, 1.165) is 0 Å². The summed E-state index contributed by atoms with van der Waals surface area (Å²) < 4.78 is 42.6. The van der Waals surface area contributed by atoms with Gasteiger partial charge in [0.05, 0.1) is 16.1 Å². The second-order valence-corrected chi connectivity index (χ2v) is 5.00. The second-order valence-electron chi connectivity index (χ2n) is 4.60. The number of carbonyl (C=O) groups excluding carboxylic acids is 2. The Hall–Kier alpha value is -2.61. The molecule has 1 heterocycles. The van der Waals surface area contributed by atoms with E-state index in [1.807, 2.05) is 0 Å². The summed E-state index contributed by atoms with van der Waals surface area (Å²) in [6.45, 7) is 1.17. The van der Waals surface area contributed by atoms with Gasteiger partial charge in [-0.3, -0.25) is 9.59 Å². The number of anilines is 1. The van der Waals surface area contributed by atoms with Gasteiger partial charge < -0.3 is 10.1 Å². The summed E-state index contributed by atoms with van der Waals surface area (Å²) in [7, 11) is 0. The second kappa shape index (κ2) is 6.88. The Kier molecular flexibility index (Phi) is 5.08. The predicted octanol–water partition coefficient (Wildman–Crippen LogP) is 3.93. The first-order valence-electron chi connectivity index (χ1n) is 6.50. The summed E-state index contributed by atoms with van der Waals surface area (Å²) in [5, 5.41) is 1.91. The molecule has 0 aliphatic heterocycles. The van der Waals surface area contributed by atoms with Crippen LogP contribution in [0.25, 0.3) is 0 Å². The zero-order valence-corrected chi connectivity index (χ0v) is 12.9. The van der Waals surface area contributed by atoms with Crippen LogP contribution in [0.1, 0.15) is 22.8 Å². The minimum absolute atomic E-state index is 0.00506. The van der Waals surface area contributed by atoms with E-state index in [0.29, 0.717) is 12.3 Å². The van der Waals surface area contributed by atoms with E-state index in [1.54, 1.807) is 6.07 Å². The lowest BCUT2D eigenvalue weighted by atomic mass is 10.2. The smallest absolute Gasteiger partial charge is 0.417 e. The number of ether oxygens (including phenoxy) is 1. The first kappa shape index (κ1) is 17.7. The number of benzene rings is 1. The van der Waals surface area contributed by atoms with Gasteiger partial charge in [0.25, 0.3) is 5.91 Å². The number of nitrogens with one attached hydrogen (secondary N) is 1. The van der Waals surface area contributed by atoms with E-state index >= 15 is 0 Å². The first-order valence-corrected chi connectivity index (χ1v) is 6.88. The molecule has 126 valence electrons. The molecule has 2 rings (SSSR count). The van der Waals surface area contributed by atoms with Crippen LogP contribution in [0.5, 0.6) is 5.75 Å². The first-order chi connectivity index (χ1) is 11.2. The van der Waals surface area contributed by atoms with Crippen molar-refractivity contribution in [3.63, 3.8) is 0 Å². The molecule has 24 heavy (non-hydrogen) atoms. The number of aromatic nitrogens is 1. The van der Waals surface area contributed by atoms with Crippen LogP contribution in [0.3, 0.4) is 0 Å². The van der Waals surface area contributed by atoms with Gasteiger partial charge in [0.15, 0.2) is 5.82 Å². The highest BCUT2D eigenvalue weighted by atomic mass is 35.5. The molecular formula is C15H10ClF3N2O3. The largest absolute Gasteiger partial charge is 0.426 e. The summed E-state index contributed by atoms with van der Waals surface area (Å²) in [4.78, 5) is 26.8. The van der Waals surface area contributed by atoms with Crippen LogP contribution < -0.4 is 10.1 Å². The maximum Gasteiger partial charge on any atom is 0.417 e. The summed E-state index contributed by atoms with van der Waals surface area (Å²) in [6.07, 6.45) is -4.04. The van der Waals surface area contributed by atoms with Gasteiger partial charge >= 0.3 is 12.1 Å². The third-order valence-corrected chi connectivity index (χ3v) is 3.07. The molecule has 1 aromatic carbocycles. The van der Waals surface area contributed by atoms with Crippen molar-refractivity contribution in [1.29, 1.82) is 0 Å². The molecular weight excluding hydrogens is 349 g/mol. The quantitative estimate of drug-likeness (QED) is 0.666. The van der Waals surface area contributed by atoms with Gasteiger partial charge in [-0.15, -0.1) is 0 Å². The molecule has 1 aromatic heterocycles. The normalized spacial score (nSPS) is 11.0. The lowest BCUT2D eigenvalue weighted by Gasteiger charge is -2.11. The van der Waals surface area contributed by atoms with Crippen molar-refractivity contribution in [2.45, 2.75) is 13.1 Å². The van der Waals surface area contributed by atoms with E-state index in [1.165, 1.54) is 25.1 Å². The molecule has 5 nitrogen and oxygen atoms in total. The molecule has 2 aromatic rings. The fourth-order valence-electron chi connectivity index (χ4n) is 1.76. The van der Waals surface area contributed by atoms with Crippen molar-refractivity contribution in [3.05, 3.63) is 52.7 Å². The fraction of sp³-hybridized carbons (Fsp3) is 0.133. The van der Waals surface area contributed by atoms with E-state index in [-0.39, 0.29) is 22.2 Å². The SMILES string of the molecule is CC(=O)Oc1ccccc1C(=O)Nc1ncc(C(F)(F)F)cc1Cl. The molecule has 1 N–H and O–H groups in total. The number of esters is 1. The maximum absolute atomic E-state index is 12.6. The average molecular weight is 359 g/mol. The highest BCUT2D eigenvalue weighted by Gasteiger charge is 2.31. The van der Waals surface area contributed by atoms with Crippen molar-refractivity contribution in [2.24, 2.45) is 0 Å². The summed E-state index contributed by atoms with van der Waals surface area (Å²) in [5.41, 5.74) is -1.03. The summed E-state index contributed by atoms with van der Waals surface area (Å²) in [5.74, 6) is -1.60. The van der Waals surface area contributed by atoms with Gasteiger partial charge in [-0.25, -0.2) is 4.98 Å². The number of hydrogen-bond acceptors (Lipinski definition) is 4. The number of rotatable bonds is 3. The molecule has 0 aliphatic carbocycles. The molecule has 0 fully saturated rings. The van der Waals surface area contributed by atoms with Crippen molar-refractivity contribution < 1.29 is 27.5 Å². The van der Waals surface area contributed by atoms with Gasteiger partial charge in [0, 0.05) is 13.1 Å². The van der Waals surface area contributed by atoms with Crippen molar-refractivity contribution >= 4 is 29.3 Å². The van der Waals surface area contributed by atoms with Crippen molar-refractivity contribution in [3.8, 4) is 5.75 Å². The van der Waals surface area contributed by atoms with E-state index in [4.69, 9.17) is 16.3 Å². The standard InChI is InChI=1S/C15H10ClF3N2O3/c1-8(22)24-12-5-3-2-4-10(12)14(23)21-13-11(16)6-9(7-20-13)15(17,18)19/h2-7H,1H3,(H,20,21,23). The maximum atomic E-state index is 12.6. The van der Waals surface area contributed by atoms with E-state index in [9.17, 15) is 22.8 Å². The summed E-state index contributed by atoms with van der Waals surface area (Å²) in [6, 6.07) is 6.52. The molecule has 9 heteroatoms. The minimum atomic E-state index is -4.60. The van der Waals surface area contributed by atoms with Gasteiger partial charge in [-0.2, -0.15) is 13.2 Å². The molecule has 0 saturated heterocycles. The van der Waals surface area contributed by atoms with Crippen LogP contribution in [-0.2, 0) is 11.0 Å². The molecule has 0 atom stereocenters. The molecule has 0 radical (unpaired) electrons. The van der Waals surface area contributed by atoms with Crippen LogP contribution in [0.15, 0.2) is 36.5 Å². The number of amides is 1. The Balaban J connectivity index is 2.26. The molecule has 0 unspecified atom stereocenters. The molecule has 0 saturated carbocycles. The highest BCUT2D eigenvalue weighted by molar-refractivity contribution is 6.33. The molecule has 0 aliphatic rings. The third-order valence-electron chi connectivity index (χ3n) is 2.79. The average Bonchev–Trinajstić information content (AvgIpc) is 2.48. The molecule has 1 amide bonds. The van der Waals surface area contributed by atoms with Crippen molar-refractivity contribution in [2.75, 3.05) is 5.32 Å². The Morgan fingerprint density at radius 1 is 1.25 bits per heavy atom. The number of pyridine rings is 1. The lowest BCUT2D eigenvalue weighted by molar-refractivity contribution is -0.137. The number of para-hydroxylation sites is 1. The zero-order valence-electron chi connectivity index (χ0n) is 12.1. The van der Waals surface area contributed by atoms with Crippen LogP contribution >= 0.6 is 11.6 Å². The van der Waals surface area contributed by atoms with Gasteiger partial charge in [-0.05, 0) is 18.2 Å². The molecule has 0 bridgehead atoms. The highest BCUT2D eigenvalue weighted by Crippen LogP contribution is 2.32. The van der Waals surface area contributed by atoms with Gasteiger partial charge in [0.2, 0.25) is 0 Å². The number of carbonyl (C=O) groups is 2. The van der Waals surface area contributed by atoms with E-state index in [2.05, 4.69) is 10.3 Å². The predicted molar refractivity (Wildman–Crippen MR) is 80.0 cm³/mol. The number of nitrogens with zero attached hydrogens (tertiary/aromatic N) is 1. The van der Waals surface area contributed by atoms with Crippen LogP contribution in [0.2, 0.25) is 5.02 Å². The van der Waals surface area contributed by atoms with Gasteiger partial charge in [-0.1, -0.05) is 23.7 Å². The fourth-order valence-corrected chi connectivity index (χ4v) is 1.97. The minimum Gasteiger partial charge on any atom is -0.426 e. The summed E-state index contributed by atoms with van der Waals surface area (Å²) >= 11 is 5.73. The third kappa shape index (κ3) is 4.23. The topological polar surface area (TPSA) is 68.3 Å². The van der Waals surface area contributed by atoms with Crippen LogP contribution in [-0.4, -0.2) is 16.9 Å². The Morgan fingerprint density at radius 3 is 2.50 bits per heavy atom. The Labute approximate surface area is 139 Å². The Bertz CT molecular complexity index is 794. The van der Waals surface area contributed by atoms with Gasteiger partial charge in [0.1, 0.15) is 5.75 Å².